The maximum Gasteiger partial charge on any atom is 0.174 e. The molecule has 0 atom stereocenters. The molecule has 0 saturated carbocycles. The number of hydrogen-bond acceptors (Lipinski definition) is 6. The van der Waals surface area contributed by atoms with Crippen LogP contribution in [0.2, 0.25) is 0 Å². The Morgan fingerprint density at radius 1 is 1.26 bits per heavy atom. The first-order valence-electron chi connectivity index (χ1n) is 5.70. The molecule has 0 bridgehead atoms. The monoisotopic (exact) mass is 257 g/mol. The molecule has 0 spiro atoms. The third-order valence-corrected chi connectivity index (χ3v) is 2.51. The second-order valence-electron chi connectivity index (χ2n) is 3.97. The second kappa shape index (κ2) is 4.89. The predicted molar refractivity (Wildman–Crippen MR) is 64.7 cm³/mol. The molecule has 7 heteroatoms. The molecule has 1 aromatic carbocycles. The molecule has 2 heterocycles. The summed E-state index contributed by atoms with van der Waals surface area (Å²) in [6, 6.07) is 9.28. The molecule has 0 aliphatic rings. The zero-order chi connectivity index (χ0) is 13.1. The molecule has 0 fully saturated rings. The summed E-state index contributed by atoms with van der Waals surface area (Å²) in [6.07, 6.45) is 1.53. The van der Waals surface area contributed by atoms with Crippen LogP contribution in [-0.2, 0) is 6.61 Å². The van der Waals surface area contributed by atoms with Crippen molar-refractivity contribution in [2.45, 2.75) is 13.5 Å². The van der Waals surface area contributed by atoms with Gasteiger partial charge in [-0.1, -0.05) is 5.16 Å². The van der Waals surface area contributed by atoms with Crippen LogP contribution >= 0.6 is 0 Å². The van der Waals surface area contributed by atoms with Crippen LogP contribution in [0.4, 0.5) is 0 Å². The Morgan fingerprint density at radius 3 is 2.74 bits per heavy atom. The summed E-state index contributed by atoms with van der Waals surface area (Å²) in [6.45, 7) is 2.22. The van der Waals surface area contributed by atoms with E-state index >= 15 is 0 Å². The van der Waals surface area contributed by atoms with Crippen LogP contribution < -0.4 is 4.74 Å². The first kappa shape index (κ1) is 11.4. The molecule has 3 rings (SSSR count). The SMILES string of the molecule is Cc1cc(COc2ccc(-n3cnnn3)cc2)on1. The molecule has 96 valence electrons. The van der Waals surface area contributed by atoms with Crippen LogP contribution in [0.15, 0.2) is 41.2 Å². The fraction of sp³-hybridized carbons (Fsp3) is 0.167. The van der Waals surface area contributed by atoms with Crippen molar-refractivity contribution in [3.8, 4) is 11.4 Å². The summed E-state index contributed by atoms with van der Waals surface area (Å²) in [5, 5.41) is 14.8. The molecule has 0 radical (unpaired) electrons. The summed E-state index contributed by atoms with van der Waals surface area (Å²) in [4.78, 5) is 0. The lowest BCUT2D eigenvalue weighted by atomic mass is 10.3. The molecule has 0 aliphatic carbocycles. The van der Waals surface area contributed by atoms with Crippen LogP contribution in [0.5, 0.6) is 5.75 Å². The predicted octanol–water partition coefficient (Wildman–Crippen LogP) is 1.54. The minimum absolute atomic E-state index is 0.352. The van der Waals surface area contributed by atoms with Gasteiger partial charge >= 0.3 is 0 Å². The first-order valence-corrected chi connectivity index (χ1v) is 5.70. The quantitative estimate of drug-likeness (QED) is 0.705. The molecule has 19 heavy (non-hydrogen) atoms. The number of aromatic nitrogens is 5. The van der Waals surface area contributed by atoms with Crippen molar-refractivity contribution in [2.75, 3.05) is 0 Å². The molecule has 3 aromatic rings. The fourth-order valence-corrected chi connectivity index (χ4v) is 1.61. The largest absolute Gasteiger partial charge is 0.486 e. The van der Waals surface area contributed by atoms with Gasteiger partial charge < -0.3 is 9.26 Å². The minimum atomic E-state index is 0.352. The third kappa shape index (κ3) is 2.59. The standard InChI is InChI=1S/C12H11N5O2/c1-9-6-12(19-14-9)7-18-11-4-2-10(3-5-11)17-8-13-15-16-17/h2-6,8H,7H2,1H3. The zero-order valence-electron chi connectivity index (χ0n) is 10.2. The van der Waals surface area contributed by atoms with Crippen LogP contribution in [0.1, 0.15) is 11.5 Å². The van der Waals surface area contributed by atoms with Crippen molar-refractivity contribution in [3.05, 3.63) is 48.1 Å². The molecule has 0 N–H and O–H groups in total. The van der Waals surface area contributed by atoms with Gasteiger partial charge in [0.2, 0.25) is 0 Å². The van der Waals surface area contributed by atoms with E-state index in [0.717, 1.165) is 17.1 Å². The van der Waals surface area contributed by atoms with Gasteiger partial charge in [-0.25, -0.2) is 4.68 Å². The molecular formula is C12H11N5O2. The van der Waals surface area contributed by atoms with Gasteiger partial charge in [0.1, 0.15) is 18.7 Å². The average molecular weight is 257 g/mol. The molecule has 0 unspecified atom stereocenters. The van der Waals surface area contributed by atoms with E-state index in [0.29, 0.717) is 12.4 Å². The Balaban J connectivity index is 1.66. The summed E-state index contributed by atoms with van der Waals surface area (Å²) in [5.74, 6) is 1.44. The topological polar surface area (TPSA) is 78.9 Å². The number of rotatable bonds is 4. The van der Waals surface area contributed by atoms with E-state index in [2.05, 4.69) is 20.7 Å². The molecule has 0 amide bonds. The Hall–Kier alpha value is -2.70. The Morgan fingerprint density at radius 2 is 2.11 bits per heavy atom. The average Bonchev–Trinajstić information content (AvgIpc) is 3.08. The maximum absolute atomic E-state index is 5.58. The van der Waals surface area contributed by atoms with Crippen molar-refractivity contribution >= 4 is 0 Å². The smallest absolute Gasteiger partial charge is 0.174 e. The molecule has 0 aliphatic heterocycles. The number of ether oxygens (including phenoxy) is 1. The molecule has 0 saturated heterocycles. The molecule has 7 nitrogen and oxygen atoms in total. The van der Waals surface area contributed by atoms with Crippen LogP contribution in [0.3, 0.4) is 0 Å². The van der Waals surface area contributed by atoms with Gasteiger partial charge in [-0.05, 0) is 41.6 Å². The second-order valence-corrected chi connectivity index (χ2v) is 3.97. The third-order valence-electron chi connectivity index (χ3n) is 2.51. The number of hydrogen-bond donors (Lipinski definition) is 0. The number of nitrogens with zero attached hydrogens (tertiary/aromatic N) is 5. The van der Waals surface area contributed by atoms with Gasteiger partial charge in [-0.3, -0.25) is 0 Å². The van der Waals surface area contributed by atoms with E-state index in [-0.39, 0.29) is 0 Å². The fourth-order valence-electron chi connectivity index (χ4n) is 1.61. The van der Waals surface area contributed by atoms with Gasteiger partial charge in [0, 0.05) is 6.07 Å². The van der Waals surface area contributed by atoms with E-state index in [1.54, 1.807) is 4.68 Å². The van der Waals surface area contributed by atoms with E-state index in [1.165, 1.54) is 6.33 Å². The molecule has 2 aromatic heterocycles. The summed E-state index contributed by atoms with van der Waals surface area (Å²) in [5.41, 5.74) is 1.71. The van der Waals surface area contributed by atoms with Crippen molar-refractivity contribution in [3.63, 3.8) is 0 Å². The number of benzene rings is 1. The summed E-state index contributed by atoms with van der Waals surface area (Å²) < 4.78 is 12.2. The number of tetrazole rings is 1. The van der Waals surface area contributed by atoms with Crippen LogP contribution in [0.25, 0.3) is 5.69 Å². The highest BCUT2D eigenvalue weighted by Gasteiger charge is 2.03. The van der Waals surface area contributed by atoms with E-state index in [1.807, 2.05) is 37.3 Å². The van der Waals surface area contributed by atoms with Crippen molar-refractivity contribution in [2.24, 2.45) is 0 Å². The van der Waals surface area contributed by atoms with Crippen molar-refractivity contribution < 1.29 is 9.26 Å². The van der Waals surface area contributed by atoms with Gasteiger partial charge in [0.15, 0.2) is 5.76 Å². The highest BCUT2D eigenvalue weighted by molar-refractivity contribution is 5.36. The summed E-state index contributed by atoms with van der Waals surface area (Å²) in [7, 11) is 0. The van der Waals surface area contributed by atoms with Crippen LogP contribution in [0, 0.1) is 6.92 Å². The van der Waals surface area contributed by atoms with Gasteiger partial charge in [-0.15, -0.1) is 5.10 Å². The Bertz CT molecular complexity index is 645. The maximum atomic E-state index is 5.58. The van der Waals surface area contributed by atoms with E-state index in [9.17, 15) is 0 Å². The first-order chi connectivity index (χ1) is 9.31. The normalized spacial score (nSPS) is 10.6. The number of aryl methyl sites for hydroxylation is 1. The highest BCUT2D eigenvalue weighted by Crippen LogP contribution is 2.16. The van der Waals surface area contributed by atoms with Gasteiger partial charge in [0.05, 0.1) is 11.4 Å². The van der Waals surface area contributed by atoms with Gasteiger partial charge in [0.25, 0.3) is 0 Å². The lowest BCUT2D eigenvalue weighted by molar-refractivity contribution is 0.249. The summed E-state index contributed by atoms with van der Waals surface area (Å²) >= 11 is 0. The Kier molecular flexibility index (Phi) is 2.93. The zero-order valence-corrected chi connectivity index (χ0v) is 10.2. The lowest BCUT2D eigenvalue weighted by Gasteiger charge is -2.04. The highest BCUT2D eigenvalue weighted by atomic mass is 16.5. The van der Waals surface area contributed by atoms with E-state index < -0.39 is 0 Å². The van der Waals surface area contributed by atoms with Crippen molar-refractivity contribution in [1.29, 1.82) is 0 Å². The van der Waals surface area contributed by atoms with Crippen LogP contribution in [-0.4, -0.2) is 25.4 Å². The lowest BCUT2D eigenvalue weighted by Crippen LogP contribution is -1.96. The van der Waals surface area contributed by atoms with Gasteiger partial charge in [-0.2, -0.15) is 0 Å². The minimum Gasteiger partial charge on any atom is -0.486 e. The molecular weight excluding hydrogens is 246 g/mol. The van der Waals surface area contributed by atoms with Crippen molar-refractivity contribution in [1.82, 2.24) is 25.4 Å². The van der Waals surface area contributed by atoms with E-state index in [4.69, 9.17) is 9.26 Å². The Labute approximate surface area is 108 Å².